The first kappa shape index (κ1) is 26.0. The summed E-state index contributed by atoms with van der Waals surface area (Å²) in [4.78, 5) is 21.2. The number of carbonyl (C=O) groups is 1. The molecule has 3 N–H and O–H groups in total. The maximum Gasteiger partial charge on any atom is 0.413 e. The van der Waals surface area contributed by atoms with Crippen molar-refractivity contribution < 1.29 is 23.4 Å². The maximum absolute atomic E-state index is 14.5. The van der Waals surface area contributed by atoms with E-state index in [0.717, 1.165) is 49.1 Å². The number of halogens is 1. The molecule has 4 heterocycles. The summed E-state index contributed by atoms with van der Waals surface area (Å²) in [5.74, 6) is 1.89. The first-order valence-electron chi connectivity index (χ1n) is 13.4. The van der Waals surface area contributed by atoms with E-state index in [2.05, 4.69) is 20.9 Å². The number of hydrogen-bond acceptors (Lipinski definition) is 8. The molecule has 0 bridgehead atoms. The van der Waals surface area contributed by atoms with Crippen molar-refractivity contribution in [3.05, 3.63) is 66.1 Å². The van der Waals surface area contributed by atoms with Crippen molar-refractivity contribution in [2.24, 2.45) is 7.05 Å². The summed E-state index contributed by atoms with van der Waals surface area (Å²) in [5.41, 5.74) is 3.04. The predicted octanol–water partition coefficient (Wildman–Crippen LogP) is 5.45. The lowest BCUT2D eigenvalue weighted by molar-refractivity contribution is 0.0908. The van der Waals surface area contributed by atoms with Gasteiger partial charge < -0.3 is 29.4 Å². The van der Waals surface area contributed by atoms with Crippen LogP contribution in [0, 0.1) is 5.82 Å². The molecular weight excluding hydrogens is 515 g/mol. The number of nitrogens with zero attached hydrogens (tertiary/aromatic N) is 3. The van der Waals surface area contributed by atoms with Gasteiger partial charge in [-0.15, -0.1) is 0 Å². The molecule has 1 atom stereocenters. The number of imidazole rings is 1. The Balaban J connectivity index is 1.14. The number of aromatic nitrogens is 3. The summed E-state index contributed by atoms with van der Waals surface area (Å²) in [7, 11) is 1.91. The zero-order valence-electron chi connectivity index (χ0n) is 22.2. The molecule has 2 aromatic carbocycles. The fraction of sp³-hybridized carbons (Fsp3) is 0.345. The number of amides is 1. The normalized spacial score (nSPS) is 17.6. The van der Waals surface area contributed by atoms with Crippen molar-refractivity contribution >= 4 is 34.6 Å². The fourth-order valence-corrected chi connectivity index (χ4v) is 5.08. The first-order chi connectivity index (χ1) is 19.5. The number of anilines is 3. The van der Waals surface area contributed by atoms with Crippen LogP contribution in [0.5, 0.6) is 11.5 Å². The Morgan fingerprint density at radius 1 is 1.10 bits per heavy atom. The van der Waals surface area contributed by atoms with Gasteiger partial charge in [0.05, 0.1) is 17.6 Å². The minimum atomic E-state index is -0.531. The number of aryl methyl sites for hydroxylation is 1. The Labute approximate surface area is 230 Å². The summed E-state index contributed by atoms with van der Waals surface area (Å²) >= 11 is 0. The molecule has 2 aromatic heterocycles. The second kappa shape index (κ2) is 11.5. The highest BCUT2D eigenvalue weighted by Gasteiger charge is 2.22. The predicted molar refractivity (Wildman–Crippen MR) is 149 cm³/mol. The van der Waals surface area contributed by atoms with Crippen molar-refractivity contribution in [2.45, 2.75) is 31.3 Å². The number of hydrogen-bond donors (Lipinski definition) is 3. The van der Waals surface area contributed by atoms with Gasteiger partial charge in [-0.3, -0.25) is 5.32 Å². The van der Waals surface area contributed by atoms with Gasteiger partial charge in [0.1, 0.15) is 29.2 Å². The third kappa shape index (κ3) is 5.85. The second-order valence-electron chi connectivity index (χ2n) is 10.0. The third-order valence-corrected chi connectivity index (χ3v) is 7.23. The lowest BCUT2D eigenvalue weighted by Gasteiger charge is -2.22. The van der Waals surface area contributed by atoms with Crippen LogP contribution in [0.25, 0.3) is 11.0 Å². The van der Waals surface area contributed by atoms with E-state index in [1.54, 1.807) is 24.4 Å². The Morgan fingerprint density at radius 3 is 2.77 bits per heavy atom. The van der Waals surface area contributed by atoms with Crippen molar-refractivity contribution in [3.8, 4) is 11.5 Å². The molecule has 0 saturated carbocycles. The zero-order valence-corrected chi connectivity index (χ0v) is 22.2. The van der Waals surface area contributed by atoms with Crippen LogP contribution in [0.2, 0.25) is 0 Å². The van der Waals surface area contributed by atoms with Crippen LogP contribution >= 0.6 is 0 Å². The molecule has 10 nitrogen and oxygen atoms in total. The van der Waals surface area contributed by atoms with Gasteiger partial charge >= 0.3 is 6.09 Å². The second-order valence-corrected chi connectivity index (χ2v) is 10.0. The number of nitrogens with one attached hydrogen (secondary N) is 3. The molecule has 1 unspecified atom stereocenters. The molecule has 0 spiro atoms. The standard InChI is InChI=1S/C29H31FN6O4/c1-36-26-5-3-21(39-22-8-12-32-27(16-22)35-29(37)40-20-6-10-31-11-7-20)15-25(26)34-28(36)33-19-2-4-24(30)23(14-19)18-9-13-38-17-18/h2-5,8,12,14-16,18,20,31H,6-7,9-11,13,17H2,1H3,(H,33,34)(H,32,35,37). The van der Waals surface area contributed by atoms with E-state index in [9.17, 15) is 9.18 Å². The number of piperidine rings is 1. The average molecular weight is 547 g/mol. The molecule has 208 valence electrons. The number of pyridine rings is 1. The van der Waals surface area contributed by atoms with E-state index in [0.29, 0.717) is 42.0 Å². The van der Waals surface area contributed by atoms with Crippen LogP contribution in [-0.2, 0) is 16.5 Å². The molecule has 40 heavy (non-hydrogen) atoms. The van der Waals surface area contributed by atoms with Crippen molar-refractivity contribution in [2.75, 3.05) is 36.9 Å². The van der Waals surface area contributed by atoms with E-state index in [1.807, 2.05) is 35.9 Å². The van der Waals surface area contributed by atoms with Gasteiger partial charge in [0.25, 0.3) is 0 Å². The van der Waals surface area contributed by atoms with Gasteiger partial charge in [0, 0.05) is 43.6 Å². The minimum Gasteiger partial charge on any atom is -0.457 e. The topological polar surface area (TPSA) is 112 Å². The van der Waals surface area contributed by atoms with Crippen LogP contribution in [-0.4, -0.2) is 53.0 Å². The Kier molecular flexibility index (Phi) is 7.47. The monoisotopic (exact) mass is 546 g/mol. The number of rotatable bonds is 7. The van der Waals surface area contributed by atoms with Gasteiger partial charge in [-0.2, -0.15) is 0 Å². The molecule has 2 fully saturated rings. The largest absolute Gasteiger partial charge is 0.457 e. The number of fused-ring (bicyclic) bond motifs is 1. The van der Waals surface area contributed by atoms with Gasteiger partial charge in [-0.25, -0.2) is 19.2 Å². The van der Waals surface area contributed by atoms with E-state index in [-0.39, 0.29) is 17.8 Å². The highest BCUT2D eigenvalue weighted by Crippen LogP contribution is 2.32. The highest BCUT2D eigenvalue weighted by atomic mass is 19.1. The summed E-state index contributed by atoms with van der Waals surface area (Å²) in [6, 6.07) is 14.0. The van der Waals surface area contributed by atoms with E-state index < -0.39 is 6.09 Å². The maximum atomic E-state index is 14.5. The highest BCUT2D eigenvalue weighted by molar-refractivity contribution is 5.84. The van der Waals surface area contributed by atoms with E-state index >= 15 is 0 Å². The molecular formula is C29H31FN6O4. The molecule has 1 amide bonds. The Bertz CT molecular complexity index is 1510. The van der Waals surface area contributed by atoms with Crippen molar-refractivity contribution in [3.63, 3.8) is 0 Å². The number of ether oxygens (including phenoxy) is 3. The smallest absolute Gasteiger partial charge is 0.413 e. The van der Waals surface area contributed by atoms with Crippen molar-refractivity contribution in [1.29, 1.82) is 0 Å². The Hall–Kier alpha value is -4.22. The van der Waals surface area contributed by atoms with Crippen LogP contribution in [0.15, 0.2) is 54.7 Å². The van der Waals surface area contributed by atoms with Gasteiger partial charge in [0.15, 0.2) is 0 Å². The van der Waals surface area contributed by atoms with Gasteiger partial charge in [0.2, 0.25) is 5.95 Å². The fourth-order valence-electron chi connectivity index (χ4n) is 5.08. The van der Waals surface area contributed by atoms with Gasteiger partial charge in [-0.1, -0.05) is 0 Å². The lowest BCUT2D eigenvalue weighted by atomic mass is 9.97. The molecule has 11 heteroatoms. The van der Waals surface area contributed by atoms with Crippen LogP contribution in [0.3, 0.4) is 0 Å². The lowest BCUT2D eigenvalue weighted by Crippen LogP contribution is -2.34. The summed E-state index contributed by atoms with van der Waals surface area (Å²) in [5, 5.41) is 9.24. The Morgan fingerprint density at radius 2 is 1.95 bits per heavy atom. The molecule has 0 radical (unpaired) electrons. The molecule has 0 aliphatic carbocycles. The van der Waals surface area contributed by atoms with E-state index in [1.165, 1.54) is 6.07 Å². The molecule has 2 aliphatic rings. The molecule has 2 saturated heterocycles. The zero-order chi connectivity index (χ0) is 27.5. The molecule has 2 aliphatic heterocycles. The summed E-state index contributed by atoms with van der Waals surface area (Å²) in [6.07, 6.45) is 3.32. The number of carbonyl (C=O) groups excluding carboxylic acids is 1. The molecule has 4 aromatic rings. The third-order valence-electron chi connectivity index (χ3n) is 7.23. The van der Waals surface area contributed by atoms with Gasteiger partial charge in [-0.05, 0) is 74.3 Å². The van der Waals surface area contributed by atoms with Crippen LogP contribution in [0.4, 0.5) is 26.6 Å². The summed E-state index contributed by atoms with van der Waals surface area (Å²) < 4.78 is 33.4. The van der Waals surface area contributed by atoms with Crippen molar-refractivity contribution in [1.82, 2.24) is 19.9 Å². The van der Waals surface area contributed by atoms with E-state index in [4.69, 9.17) is 19.2 Å². The average Bonchev–Trinajstić information content (AvgIpc) is 3.59. The quantitative estimate of drug-likeness (QED) is 0.281. The van der Waals surface area contributed by atoms with Crippen LogP contribution in [0.1, 0.15) is 30.7 Å². The first-order valence-corrected chi connectivity index (χ1v) is 13.4. The molecule has 6 rings (SSSR count). The number of benzene rings is 2. The van der Waals surface area contributed by atoms with Crippen LogP contribution < -0.4 is 20.7 Å². The SMILES string of the molecule is Cn1c(Nc2ccc(F)c(C3CCOC3)c2)nc2cc(Oc3ccnc(NC(=O)OC4CCNCC4)c3)ccc21. The minimum absolute atomic E-state index is 0.0610. The summed E-state index contributed by atoms with van der Waals surface area (Å²) in [6.45, 7) is 2.86.